The SMILES string of the molecule is C=CC1=C(C#N)C(C=C)=C(F)C(OCC2=CCCC=C2)C1. The van der Waals surface area contributed by atoms with E-state index < -0.39 is 11.9 Å². The van der Waals surface area contributed by atoms with E-state index in [2.05, 4.69) is 25.3 Å². The Labute approximate surface area is 124 Å². The summed E-state index contributed by atoms with van der Waals surface area (Å²) < 4.78 is 20.1. The van der Waals surface area contributed by atoms with E-state index in [1.54, 1.807) is 6.08 Å². The molecule has 0 saturated carbocycles. The molecule has 0 bridgehead atoms. The molecule has 0 saturated heterocycles. The van der Waals surface area contributed by atoms with Crippen molar-refractivity contribution < 1.29 is 9.13 Å². The number of hydrogen-bond donors (Lipinski definition) is 0. The van der Waals surface area contributed by atoms with Gasteiger partial charge in [0.05, 0.1) is 12.2 Å². The average molecular weight is 283 g/mol. The molecule has 1 unspecified atom stereocenters. The fraction of sp³-hybridized carbons (Fsp3) is 0.278. The summed E-state index contributed by atoms with van der Waals surface area (Å²) in [6, 6.07) is 2.02. The van der Waals surface area contributed by atoms with Gasteiger partial charge in [0.2, 0.25) is 0 Å². The van der Waals surface area contributed by atoms with Crippen LogP contribution in [0.2, 0.25) is 0 Å². The first-order valence-corrected chi connectivity index (χ1v) is 6.96. The van der Waals surface area contributed by atoms with Crippen LogP contribution in [-0.2, 0) is 4.74 Å². The number of halogens is 1. The lowest BCUT2D eigenvalue weighted by molar-refractivity contribution is 0.0789. The second-order valence-corrected chi connectivity index (χ2v) is 4.94. The van der Waals surface area contributed by atoms with E-state index in [0.29, 0.717) is 24.2 Å². The predicted molar refractivity (Wildman–Crippen MR) is 82.0 cm³/mol. The summed E-state index contributed by atoms with van der Waals surface area (Å²) in [6.07, 6.45) is 10.8. The summed E-state index contributed by atoms with van der Waals surface area (Å²) >= 11 is 0. The molecule has 0 radical (unpaired) electrons. The highest BCUT2D eigenvalue weighted by Gasteiger charge is 2.28. The lowest BCUT2D eigenvalue weighted by Crippen LogP contribution is -2.21. The molecule has 2 rings (SSSR count). The minimum atomic E-state index is -0.681. The molecule has 0 fully saturated rings. The lowest BCUT2D eigenvalue weighted by Gasteiger charge is -2.24. The molecule has 3 heteroatoms. The maximum Gasteiger partial charge on any atom is 0.138 e. The average Bonchev–Trinajstić information content (AvgIpc) is 2.54. The molecule has 0 aromatic carbocycles. The van der Waals surface area contributed by atoms with Crippen LogP contribution >= 0.6 is 0 Å². The van der Waals surface area contributed by atoms with Crippen molar-refractivity contribution in [2.75, 3.05) is 6.61 Å². The molecule has 0 N–H and O–H groups in total. The van der Waals surface area contributed by atoms with Crippen molar-refractivity contribution in [3.63, 3.8) is 0 Å². The number of hydrogen-bond acceptors (Lipinski definition) is 2. The molecule has 0 aromatic heterocycles. The normalized spacial score (nSPS) is 21.9. The Morgan fingerprint density at radius 3 is 2.76 bits per heavy atom. The van der Waals surface area contributed by atoms with Crippen molar-refractivity contribution in [3.8, 4) is 6.07 Å². The Hall–Kier alpha value is -2.18. The lowest BCUT2D eigenvalue weighted by atomic mass is 9.89. The summed E-state index contributed by atoms with van der Waals surface area (Å²) in [5.41, 5.74) is 2.28. The van der Waals surface area contributed by atoms with Crippen molar-refractivity contribution in [3.05, 3.63) is 71.7 Å². The van der Waals surface area contributed by atoms with Gasteiger partial charge in [0, 0.05) is 12.0 Å². The van der Waals surface area contributed by atoms with Crippen LogP contribution in [0, 0.1) is 11.3 Å². The summed E-state index contributed by atoms with van der Waals surface area (Å²) in [7, 11) is 0. The molecule has 2 aliphatic carbocycles. The van der Waals surface area contributed by atoms with Crippen LogP contribution in [0.25, 0.3) is 0 Å². The van der Waals surface area contributed by atoms with Gasteiger partial charge in [-0.15, -0.1) is 0 Å². The molecule has 0 heterocycles. The molecular weight excluding hydrogens is 265 g/mol. The van der Waals surface area contributed by atoms with Crippen LogP contribution < -0.4 is 0 Å². The van der Waals surface area contributed by atoms with Gasteiger partial charge in [-0.3, -0.25) is 0 Å². The van der Waals surface area contributed by atoms with Gasteiger partial charge in [-0.05, 0) is 24.0 Å². The zero-order valence-electron chi connectivity index (χ0n) is 11.9. The molecule has 21 heavy (non-hydrogen) atoms. The van der Waals surface area contributed by atoms with Gasteiger partial charge in [0.15, 0.2) is 0 Å². The smallest absolute Gasteiger partial charge is 0.138 e. The maximum absolute atomic E-state index is 14.4. The third-order valence-corrected chi connectivity index (χ3v) is 3.62. The summed E-state index contributed by atoms with van der Waals surface area (Å²) in [5.74, 6) is -0.424. The van der Waals surface area contributed by atoms with Crippen molar-refractivity contribution in [1.82, 2.24) is 0 Å². The van der Waals surface area contributed by atoms with Gasteiger partial charge in [-0.2, -0.15) is 5.26 Å². The third kappa shape index (κ3) is 3.29. The van der Waals surface area contributed by atoms with E-state index in [-0.39, 0.29) is 5.57 Å². The van der Waals surface area contributed by atoms with Gasteiger partial charge in [-0.1, -0.05) is 43.5 Å². The Bertz CT molecular complexity index is 614. The molecule has 108 valence electrons. The number of nitriles is 1. The highest BCUT2D eigenvalue weighted by molar-refractivity contribution is 5.57. The van der Waals surface area contributed by atoms with Crippen LogP contribution in [0.4, 0.5) is 4.39 Å². The highest BCUT2D eigenvalue weighted by Crippen LogP contribution is 2.34. The van der Waals surface area contributed by atoms with Gasteiger partial charge in [-0.25, -0.2) is 4.39 Å². The molecule has 0 aliphatic heterocycles. The molecule has 0 spiro atoms. The standard InChI is InChI=1S/C18H18FNO/c1-3-14-10-17(18(19)15(4-2)16(14)11-20)21-12-13-8-6-5-7-9-13/h3-4,6,8-9,17H,1-2,5,7,10,12H2. The number of rotatable bonds is 5. The van der Waals surface area contributed by atoms with Crippen LogP contribution in [0.3, 0.4) is 0 Å². The second kappa shape index (κ2) is 7.01. The fourth-order valence-electron chi connectivity index (χ4n) is 2.48. The fourth-order valence-corrected chi connectivity index (χ4v) is 2.48. The summed E-state index contributed by atoms with van der Waals surface area (Å²) in [4.78, 5) is 0. The first-order valence-electron chi connectivity index (χ1n) is 6.96. The zero-order chi connectivity index (χ0) is 15.2. The van der Waals surface area contributed by atoms with E-state index in [9.17, 15) is 4.39 Å². The van der Waals surface area contributed by atoms with E-state index in [0.717, 1.165) is 18.4 Å². The maximum atomic E-state index is 14.4. The van der Waals surface area contributed by atoms with Crippen LogP contribution in [0.1, 0.15) is 19.3 Å². The summed E-state index contributed by atoms with van der Waals surface area (Å²) in [6.45, 7) is 7.65. The molecule has 2 aliphatic rings. The second-order valence-electron chi connectivity index (χ2n) is 4.94. The minimum Gasteiger partial charge on any atom is -0.366 e. The number of ether oxygens (including phenoxy) is 1. The van der Waals surface area contributed by atoms with E-state index in [1.807, 2.05) is 12.1 Å². The molecule has 0 aromatic rings. The van der Waals surface area contributed by atoms with Gasteiger partial charge >= 0.3 is 0 Å². The first kappa shape index (κ1) is 15.2. The Balaban J connectivity index is 2.17. The summed E-state index contributed by atoms with van der Waals surface area (Å²) in [5, 5.41) is 9.17. The molecular formula is C18H18FNO. The van der Waals surface area contributed by atoms with Gasteiger partial charge < -0.3 is 4.74 Å². The van der Waals surface area contributed by atoms with E-state index >= 15 is 0 Å². The zero-order valence-corrected chi connectivity index (χ0v) is 11.9. The number of nitrogens with zero attached hydrogens (tertiary/aromatic N) is 1. The quantitative estimate of drug-likeness (QED) is 0.746. The number of allylic oxidation sites excluding steroid dienone is 6. The van der Waals surface area contributed by atoms with E-state index in [4.69, 9.17) is 10.00 Å². The van der Waals surface area contributed by atoms with Crippen LogP contribution in [0.15, 0.2) is 71.7 Å². The minimum absolute atomic E-state index is 0.219. The van der Waals surface area contributed by atoms with Crippen molar-refractivity contribution >= 4 is 0 Å². The topological polar surface area (TPSA) is 33.0 Å². The Morgan fingerprint density at radius 2 is 2.19 bits per heavy atom. The highest BCUT2D eigenvalue weighted by atomic mass is 19.1. The largest absolute Gasteiger partial charge is 0.366 e. The third-order valence-electron chi connectivity index (χ3n) is 3.62. The van der Waals surface area contributed by atoms with Crippen molar-refractivity contribution in [1.29, 1.82) is 5.26 Å². The molecule has 0 amide bonds. The predicted octanol–water partition coefficient (Wildman–Crippen LogP) is 4.47. The Kier molecular flexibility index (Phi) is 5.08. The molecule has 2 nitrogen and oxygen atoms in total. The van der Waals surface area contributed by atoms with Crippen LogP contribution in [0.5, 0.6) is 0 Å². The van der Waals surface area contributed by atoms with Gasteiger partial charge in [0.1, 0.15) is 18.0 Å². The Morgan fingerprint density at radius 1 is 1.38 bits per heavy atom. The van der Waals surface area contributed by atoms with Crippen molar-refractivity contribution in [2.24, 2.45) is 0 Å². The van der Waals surface area contributed by atoms with Crippen molar-refractivity contribution in [2.45, 2.75) is 25.4 Å². The van der Waals surface area contributed by atoms with Crippen LogP contribution in [-0.4, -0.2) is 12.7 Å². The monoisotopic (exact) mass is 283 g/mol. The molecule has 1 atom stereocenters. The first-order chi connectivity index (χ1) is 10.2. The van der Waals surface area contributed by atoms with E-state index in [1.165, 1.54) is 6.08 Å². The van der Waals surface area contributed by atoms with Gasteiger partial charge in [0.25, 0.3) is 0 Å².